The monoisotopic (exact) mass is 325 g/mol. The molecule has 0 fully saturated rings. The Balaban J connectivity index is 1.75. The summed E-state index contributed by atoms with van der Waals surface area (Å²) in [5, 5.41) is 15.1. The van der Waals surface area contributed by atoms with Crippen LogP contribution in [0.25, 0.3) is 10.9 Å². The maximum atomic E-state index is 12.1. The topological polar surface area (TPSA) is 74.6 Å². The predicted octanol–water partition coefficient (Wildman–Crippen LogP) is 3.36. The lowest BCUT2D eigenvalue weighted by Crippen LogP contribution is -2.18. The number of carbonyl (C=O) groups is 1. The van der Waals surface area contributed by atoms with Crippen molar-refractivity contribution in [3.05, 3.63) is 70.9 Å². The molecule has 0 radical (unpaired) electrons. The summed E-state index contributed by atoms with van der Waals surface area (Å²) in [6, 6.07) is 15.4. The average molecular weight is 326 g/mol. The summed E-state index contributed by atoms with van der Waals surface area (Å²) < 4.78 is 0. The van der Waals surface area contributed by atoms with Gasteiger partial charge in [0.05, 0.1) is 6.21 Å². The standard InChI is InChI=1S/C17H12ClN3O2/c18-13-7-4-11(5-8-13)10-19-21-17(23)14-9-6-12-2-1-3-15(22)16(12)20-14/h1-10,22H,(H,21,23)/b19-10+. The number of aromatic nitrogens is 1. The lowest BCUT2D eigenvalue weighted by molar-refractivity contribution is 0.0950. The molecule has 6 heteroatoms. The molecule has 2 aromatic carbocycles. The van der Waals surface area contributed by atoms with Crippen molar-refractivity contribution >= 4 is 34.6 Å². The molecule has 3 aromatic rings. The van der Waals surface area contributed by atoms with Crippen molar-refractivity contribution in [1.82, 2.24) is 10.4 Å². The Bertz CT molecular complexity index is 892. The smallest absolute Gasteiger partial charge is 0.289 e. The van der Waals surface area contributed by atoms with Gasteiger partial charge in [-0.2, -0.15) is 5.10 Å². The van der Waals surface area contributed by atoms with Gasteiger partial charge in [-0.3, -0.25) is 4.79 Å². The molecular weight excluding hydrogens is 314 g/mol. The van der Waals surface area contributed by atoms with Crippen molar-refractivity contribution < 1.29 is 9.90 Å². The van der Waals surface area contributed by atoms with Crippen molar-refractivity contribution in [2.75, 3.05) is 0 Å². The van der Waals surface area contributed by atoms with E-state index in [1.54, 1.807) is 42.5 Å². The summed E-state index contributed by atoms with van der Waals surface area (Å²) in [5.41, 5.74) is 3.75. The van der Waals surface area contributed by atoms with E-state index in [0.717, 1.165) is 10.9 Å². The minimum Gasteiger partial charge on any atom is -0.506 e. The van der Waals surface area contributed by atoms with Gasteiger partial charge in [0.1, 0.15) is 17.0 Å². The molecule has 0 atom stereocenters. The number of benzene rings is 2. The first kappa shape index (κ1) is 15.0. The van der Waals surface area contributed by atoms with Crippen LogP contribution in [0.1, 0.15) is 16.1 Å². The third kappa shape index (κ3) is 3.46. The normalized spacial score (nSPS) is 11.0. The van der Waals surface area contributed by atoms with Gasteiger partial charge in [0.2, 0.25) is 0 Å². The first-order chi connectivity index (χ1) is 11.1. The van der Waals surface area contributed by atoms with Gasteiger partial charge < -0.3 is 5.11 Å². The number of hydrogen-bond acceptors (Lipinski definition) is 4. The highest BCUT2D eigenvalue weighted by Crippen LogP contribution is 2.22. The highest BCUT2D eigenvalue weighted by Gasteiger charge is 2.09. The van der Waals surface area contributed by atoms with Crippen LogP contribution < -0.4 is 5.43 Å². The van der Waals surface area contributed by atoms with Crippen molar-refractivity contribution in [3.8, 4) is 5.75 Å². The van der Waals surface area contributed by atoms with Crippen LogP contribution in [0.3, 0.4) is 0 Å². The Morgan fingerprint density at radius 2 is 1.91 bits per heavy atom. The number of carbonyl (C=O) groups excluding carboxylic acids is 1. The number of pyridine rings is 1. The van der Waals surface area contributed by atoms with Crippen molar-refractivity contribution in [1.29, 1.82) is 0 Å². The fraction of sp³-hybridized carbons (Fsp3) is 0. The molecule has 0 unspecified atom stereocenters. The molecule has 1 amide bonds. The van der Waals surface area contributed by atoms with Crippen LogP contribution in [0.5, 0.6) is 5.75 Å². The molecule has 0 spiro atoms. The van der Waals surface area contributed by atoms with Crippen LogP contribution in [0.2, 0.25) is 5.02 Å². The zero-order valence-electron chi connectivity index (χ0n) is 11.9. The fourth-order valence-corrected chi connectivity index (χ4v) is 2.16. The minimum atomic E-state index is -0.458. The van der Waals surface area contributed by atoms with Crippen molar-refractivity contribution in [3.63, 3.8) is 0 Å². The summed E-state index contributed by atoms with van der Waals surface area (Å²) in [6.07, 6.45) is 1.51. The van der Waals surface area contributed by atoms with Crippen LogP contribution in [-0.2, 0) is 0 Å². The van der Waals surface area contributed by atoms with Gasteiger partial charge in [0.25, 0.3) is 5.91 Å². The Labute approximate surface area is 137 Å². The fourth-order valence-electron chi connectivity index (χ4n) is 2.03. The SMILES string of the molecule is O=C(N/N=C/c1ccc(Cl)cc1)c1ccc2cccc(O)c2n1. The summed E-state index contributed by atoms with van der Waals surface area (Å²) in [7, 11) is 0. The summed E-state index contributed by atoms with van der Waals surface area (Å²) in [6.45, 7) is 0. The summed E-state index contributed by atoms with van der Waals surface area (Å²) in [4.78, 5) is 16.2. The van der Waals surface area contributed by atoms with Gasteiger partial charge in [-0.25, -0.2) is 10.4 Å². The lowest BCUT2D eigenvalue weighted by Gasteiger charge is -2.03. The highest BCUT2D eigenvalue weighted by atomic mass is 35.5. The Morgan fingerprint density at radius 1 is 1.13 bits per heavy atom. The van der Waals surface area contributed by atoms with Crippen LogP contribution in [0.15, 0.2) is 59.7 Å². The van der Waals surface area contributed by atoms with Crippen molar-refractivity contribution in [2.24, 2.45) is 5.10 Å². The number of hydrogen-bond donors (Lipinski definition) is 2. The zero-order valence-corrected chi connectivity index (χ0v) is 12.7. The average Bonchev–Trinajstić information content (AvgIpc) is 2.57. The molecule has 0 aliphatic heterocycles. The number of nitrogens with zero attached hydrogens (tertiary/aromatic N) is 2. The first-order valence-electron chi connectivity index (χ1n) is 6.81. The number of para-hydroxylation sites is 1. The number of phenols is 1. The van der Waals surface area contributed by atoms with E-state index in [-0.39, 0.29) is 11.4 Å². The number of aromatic hydroxyl groups is 1. The molecule has 0 saturated heterocycles. The van der Waals surface area contributed by atoms with Gasteiger partial charge in [0, 0.05) is 10.4 Å². The molecule has 3 rings (SSSR count). The zero-order chi connectivity index (χ0) is 16.2. The number of nitrogens with one attached hydrogen (secondary N) is 1. The van der Waals surface area contributed by atoms with E-state index in [1.807, 2.05) is 6.07 Å². The van der Waals surface area contributed by atoms with Gasteiger partial charge >= 0.3 is 0 Å². The summed E-state index contributed by atoms with van der Waals surface area (Å²) in [5.74, 6) is -0.429. The Morgan fingerprint density at radius 3 is 2.70 bits per heavy atom. The second-order valence-electron chi connectivity index (χ2n) is 4.80. The van der Waals surface area contributed by atoms with Gasteiger partial charge in [-0.05, 0) is 29.8 Å². The third-order valence-corrected chi connectivity index (χ3v) is 3.43. The number of phenolic OH excluding ortho intramolecular Hbond substituents is 1. The van der Waals surface area contributed by atoms with Crippen molar-refractivity contribution in [2.45, 2.75) is 0 Å². The first-order valence-corrected chi connectivity index (χ1v) is 7.19. The molecule has 114 valence electrons. The number of hydrazone groups is 1. The Hall–Kier alpha value is -2.92. The van der Waals surface area contributed by atoms with Crippen LogP contribution in [-0.4, -0.2) is 22.2 Å². The lowest BCUT2D eigenvalue weighted by atomic mass is 10.2. The number of halogens is 1. The van der Waals surface area contributed by atoms with Gasteiger partial charge in [-0.1, -0.05) is 41.9 Å². The molecule has 0 aliphatic rings. The summed E-state index contributed by atoms with van der Waals surface area (Å²) >= 11 is 5.79. The predicted molar refractivity (Wildman–Crippen MR) is 89.9 cm³/mol. The van der Waals surface area contributed by atoms with E-state index >= 15 is 0 Å². The molecule has 5 nitrogen and oxygen atoms in total. The molecule has 2 N–H and O–H groups in total. The number of rotatable bonds is 3. The third-order valence-electron chi connectivity index (χ3n) is 3.18. The minimum absolute atomic E-state index is 0.0295. The number of amides is 1. The van der Waals surface area contributed by atoms with E-state index in [9.17, 15) is 9.90 Å². The molecule has 1 aromatic heterocycles. The molecule has 0 aliphatic carbocycles. The van der Waals surface area contributed by atoms with E-state index in [4.69, 9.17) is 11.6 Å². The van der Waals surface area contributed by atoms with E-state index in [0.29, 0.717) is 10.5 Å². The second-order valence-corrected chi connectivity index (χ2v) is 5.23. The molecule has 23 heavy (non-hydrogen) atoms. The van der Waals surface area contributed by atoms with Crippen LogP contribution in [0.4, 0.5) is 0 Å². The van der Waals surface area contributed by atoms with E-state index in [2.05, 4.69) is 15.5 Å². The largest absolute Gasteiger partial charge is 0.506 e. The maximum absolute atomic E-state index is 12.1. The molecule has 0 bridgehead atoms. The highest BCUT2D eigenvalue weighted by molar-refractivity contribution is 6.30. The van der Waals surface area contributed by atoms with Crippen LogP contribution >= 0.6 is 11.6 Å². The maximum Gasteiger partial charge on any atom is 0.289 e. The Kier molecular flexibility index (Phi) is 4.21. The van der Waals surface area contributed by atoms with Gasteiger partial charge in [-0.15, -0.1) is 0 Å². The molecular formula is C17H12ClN3O2. The van der Waals surface area contributed by atoms with E-state index in [1.165, 1.54) is 12.3 Å². The van der Waals surface area contributed by atoms with Gasteiger partial charge in [0.15, 0.2) is 0 Å². The molecule has 0 saturated carbocycles. The molecule has 1 heterocycles. The quantitative estimate of drug-likeness (QED) is 0.573. The van der Waals surface area contributed by atoms with E-state index < -0.39 is 5.91 Å². The number of fused-ring (bicyclic) bond motifs is 1. The van der Waals surface area contributed by atoms with Crippen LogP contribution in [0, 0.1) is 0 Å². The second kappa shape index (κ2) is 6.46.